The van der Waals surface area contributed by atoms with Crippen LogP contribution < -0.4 is 9.47 Å². The Labute approximate surface area is 154 Å². The van der Waals surface area contributed by atoms with Gasteiger partial charge in [-0.2, -0.15) is 5.10 Å². The summed E-state index contributed by atoms with van der Waals surface area (Å²) in [6, 6.07) is 6.95. The smallest absolute Gasteiger partial charge is 0.161 e. The van der Waals surface area contributed by atoms with E-state index in [0.29, 0.717) is 19.3 Å². The molecule has 5 nitrogen and oxygen atoms in total. The van der Waals surface area contributed by atoms with Crippen molar-refractivity contribution in [2.45, 2.75) is 50.6 Å². The van der Waals surface area contributed by atoms with Crippen molar-refractivity contribution in [3.05, 3.63) is 41.7 Å². The Morgan fingerprint density at radius 1 is 1.12 bits per heavy atom. The maximum absolute atomic E-state index is 5.90. The van der Waals surface area contributed by atoms with Gasteiger partial charge in [-0.15, -0.1) is 0 Å². The molecule has 1 aromatic carbocycles. The molecule has 3 heterocycles. The molecule has 5 heteroatoms. The number of hydrogen-bond donors (Lipinski definition) is 0. The molecular formula is C21H27N3O2. The quantitative estimate of drug-likeness (QED) is 0.846. The third kappa shape index (κ3) is 2.60. The van der Waals surface area contributed by atoms with Crippen molar-refractivity contribution in [3.8, 4) is 11.5 Å². The topological polar surface area (TPSA) is 39.5 Å². The summed E-state index contributed by atoms with van der Waals surface area (Å²) in [5.74, 6) is 1.86. The van der Waals surface area contributed by atoms with Gasteiger partial charge in [0.2, 0.25) is 0 Å². The van der Waals surface area contributed by atoms with Gasteiger partial charge in [0.1, 0.15) is 13.2 Å². The van der Waals surface area contributed by atoms with Gasteiger partial charge in [0.25, 0.3) is 0 Å². The first-order chi connectivity index (χ1) is 12.8. The van der Waals surface area contributed by atoms with Gasteiger partial charge in [0, 0.05) is 36.9 Å². The fraction of sp³-hybridized carbons (Fsp3) is 0.571. The molecule has 1 aliphatic carbocycles. The van der Waals surface area contributed by atoms with E-state index < -0.39 is 0 Å². The molecular weight excluding hydrogens is 326 g/mol. The third-order valence-electron chi connectivity index (χ3n) is 6.53. The lowest BCUT2D eigenvalue weighted by molar-refractivity contribution is 0.126. The van der Waals surface area contributed by atoms with Crippen molar-refractivity contribution in [2.24, 2.45) is 0 Å². The predicted octanol–water partition coefficient (Wildman–Crippen LogP) is 3.54. The summed E-state index contributed by atoms with van der Waals surface area (Å²) in [6.45, 7) is 6.74. The molecule has 1 aromatic heterocycles. The third-order valence-corrected chi connectivity index (χ3v) is 6.53. The fourth-order valence-corrected chi connectivity index (χ4v) is 5.13. The zero-order valence-corrected chi connectivity index (χ0v) is 15.5. The van der Waals surface area contributed by atoms with Crippen molar-refractivity contribution in [2.75, 3.05) is 26.3 Å². The molecule has 0 radical (unpaired) electrons. The molecule has 0 N–H and O–H groups in total. The largest absolute Gasteiger partial charge is 0.486 e. The molecule has 1 atom stereocenters. The molecule has 1 unspecified atom stereocenters. The van der Waals surface area contributed by atoms with Gasteiger partial charge >= 0.3 is 0 Å². The molecule has 0 saturated heterocycles. The highest BCUT2D eigenvalue weighted by Gasteiger charge is 2.44. The van der Waals surface area contributed by atoms with Gasteiger partial charge in [0.05, 0.1) is 6.54 Å². The molecule has 3 aliphatic rings. The first-order valence-corrected chi connectivity index (χ1v) is 9.91. The average Bonchev–Trinajstić information content (AvgIpc) is 3.35. The van der Waals surface area contributed by atoms with Crippen LogP contribution in [-0.2, 0) is 12.0 Å². The summed E-state index contributed by atoms with van der Waals surface area (Å²) >= 11 is 0. The average molecular weight is 353 g/mol. The molecule has 1 fully saturated rings. The predicted molar refractivity (Wildman–Crippen MR) is 99.8 cm³/mol. The number of fused-ring (bicyclic) bond motifs is 3. The molecule has 26 heavy (non-hydrogen) atoms. The molecule has 1 saturated carbocycles. The van der Waals surface area contributed by atoms with Crippen LogP contribution >= 0.6 is 0 Å². The van der Waals surface area contributed by atoms with Crippen LogP contribution in [0.25, 0.3) is 0 Å². The van der Waals surface area contributed by atoms with E-state index in [1.807, 2.05) is 16.9 Å². The van der Waals surface area contributed by atoms with E-state index in [1.54, 1.807) is 0 Å². The first kappa shape index (κ1) is 16.2. The lowest BCUT2D eigenvalue weighted by Gasteiger charge is -2.46. The van der Waals surface area contributed by atoms with E-state index in [1.165, 1.54) is 36.8 Å². The van der Waals surface area contributed by atoms with Crippen molar-refractivity contribution in [3.63, 3.8) is 0 Å². The van der Waals surface area contributed by atoms with E-state index in [0.717, 1.165) is 31.1 Å². The summed E-state index contributed by atoms with van der Waals surface area (Å²) in [5, 5.41) is 4.37. The van der Waals surface area contributed by atoms with Crippen LogP contribution in [0.15, 0.2) is 30.6 Å². The zero-order valence-electron chi connectivity index (χ0n) is 15.5. The highest BCUT2D eigenvalue weighted by Crippen LogP contribution is 2.51. The van der Waals surface area contributed by atoms with E-state index in [-0.39, 0.29) is 5.41 Å². The molecule has 2 aromatic rings. The number of ether oxygens (including phenoxy) is 2. The lowest BCUT2D eigenvalue weighted by atomic mass is 9.71. The normalized spacial score (nSPS) is 24.0. The number of nitrogens with zero attached hydrogens (tertiary/aromatic N) is 3. The van der Waals surface area contributed by atoms with Crippen LogP contribution in [-0.4, -0.2) is 41.0 Å². The molecule has 0 bridgehead atoms. The Morgan fingerprint density at radius 2 is 1.88 bits per heavy atom. The van der Waals surface area contributed by atoms with E-state index in [9.17, 15) is 0 Å². The molecule has 1 spiro atoms. The maximum atomic E-state index is 5.90. The number of rotatable bonds is 3. The highest BCUT2D eigenvalue weighted by molar-refractivity contribution is 5.53. The summed E-state index contributed by atoms with van der Waals surface area (Å²) in [6.07, 6.45) is 9.13. The SMILES string of the molecule is CC1c2cc3c(cc2C2(CCCC2)CN1CCn1cccn1)OCCO3. The van der Waals surface area contributed by atoms with E-state index >= 15 is 0 Å². The van der Waals surface area contributed by atoms with Gasteiger partial charge in [0.15, 0.2) is 11.5 Å². The Kier molecular flexibility index (Phi) is 3.92. The summed E-state index contributed by atoms with van der Waals surface area (Å²) < 4.78 is 13.8. The Morgan fingerprint density at radius 3 is 2.62 bits per heavy atom. The minimum Gasteiger partial charge on any atom is -0.486 e. The second kappa shape index (κ2) is 6.31. The van der Waals surface area contributed by atoms with Crippen molar-refractivity contribution in [1.29, 1.82) is 0 Å². The Hall–Kier alpha value is -2.01. The summed E-state index contributed by atoms with van der Waals surface area (Å²) in [5.41, 5.74) is 3.23. The monoisotopic (exact) mass is 353 g/mol. The standard InChI is InChI=1S/C21H27N3O2/c1-16-17-13-19-20(26-12-11-25-19)14-18(17)21(5-2-3-6-21)15-23(16)9-10-24-8-4-7-22-24/h4,7-8,13-14,16H,2-3,5-6,9-12,15H2,1H3. The summed E-state index contributed by atoms with van der Waals surface area (Å²) in [4.78, 5) is 2.64. The minimum atomic E-state index is 0.280. The maximum Gasteiger partial charge on any atom is 0.161 e. The van der Waals surface area contributed by atoms with Crippen LogP contribution in [0, 0.1) is 0 Å². The molecule has 5 rings (SSSR count). The zero-order chi connectivity index (χ0) is 17.6. The highest BCUT2D eigenvalue weighted by atomic mass is 16.6. The van der Waals surface area contributed by atoms with Crippen molar-refractivity contribution >= 4 is 0 Å². The van der Waals surface area contributed by atoms with Gasteiger partial charge in [-0.05, 0) is 49.1 Å². The van der Waals surface area contributed by atoms with E-state index in [4.69, 9.17) is 9.47 Å². The van der Waals surface area contributed by atoms with Crippen molar-refractivity contribution in [1.82, 2.24) is 14.7 Å². The molecule has 2 aliphatic heterocycles. The fourth-order valence-electron chi connectivity index (χ4n) is 5.13. The Bertz CT molecular complexity index is 781. The number of benzene rings is 1. The lowest BCUT2D eigenvalue weighted by Crippen LogP contribution is -2.47. The first-order valence-electron chi connectivity index (χ1n) is 9.91. The van der Waals surface area contributed by atoms with Crippen LogP contribution in [0.5, 0.6) is 11.5 Å². The van der Waals surface area contributed by atoms with E-state index in [2.05, 4.69) is 35.3 Å². The number of aromatic nitrogens is 2. The minimum absolute atomic E-state index is 0.280. The molecule has 138 valence electrons. The van der Waals surface area contributed by atoms with Gasteiger partial charge in [-0.1, -0.05) is 12.8 Å². The second-order valence-electron chi connectivity index (χ2n) is 7.99. The van der Waals surface area contributed by atoms with Crippen LogP contribution in [0.1, 0.15) is 49.8 Å². The van der Waals surface area contributed by atoms with Gasteiger partial charge in [-0.3, -0.25) is 9.58 Å². The molecule has 0 amide bonds. The van der Waals surface area contributed by atoms with Crippen LogP contribution in [0.4, 0.5) is 0 Å². The van der Waals surface area contributed by atoms with Crippen molar-refractivity contribution < 1.29 is 9.47 Å². The second-order valence-corrected chi connectivity index (χ2v) is 7.99. The Balaban J connectivity index is 1.50. The van der Waals surface area contributed by atoms with Crippen LogP contribution in [0.2, 0.25) is 0 Å². The van der Waals surface area contributed by atoms with Gasteiger partial charge in [-0.25, -0.2) is 0 Å². The summed E-state index contributed by atoms with van der Waals surface area (Å²) in [7, 11) is 0. The number of hydrogen-bond acceptors (Lipinski definition) is 4. The van der Waals surface area contributed by atoms with Crippen LogP contribution in [0.3, 0.4) is 0 Å². The van der Waals surface area contributed by atoms with Gasteiger partial charge < -0.3 is 9.47 Å².